The first-order chi connectivity index (χ1) is 5.77. The van der Waals surface area contributed by atoms with Gasteiger partial charge in [0.2, 0.25) is 0 Å². The number of carboxylic acid groups (broad SMARTS) is 1. The van der Waals surface area contributed by atoms with Crippen LogP contribution >= 0.6 is 22.6 Å². The monoisotopic (exact) mass is 276 g/mol. The minimum absolute atomic E-state index is 0.201. The van der Waals surface area contributed by atoms with E-state index in [2.05, 4.69) is 21.7 Å². The van der Waals surface area contributed by atoms with E-state index in [-0.39, 0.29) is 6.42 Å². The van der Waals surface area contributed by atoms with Gasteiger partial charge in [-0.1, -0.05) is 11.8 Å². The van der Waals surface area contributed by atoms with Crippen LogP contribution in [0.1, 0.15) is 25.7 Å². The molecule has 0 unspecified atom stereocenters. The molecule has 0 aromatic rings. The molecule has 0 aliphatic heterocycles. The summed E-state index contributed by atoms with van der Waals surface area (Å²) in [6.07, 6.45) is 2.05. The maximum atomic E-state index is 10.1. The summed E-state index contributed by atoms with van der Waals surface area (Å²) < 4.78 is 2.70. The van der Waals surface area contributed by atoms with Gasteiger partial charge in [0.25, 0.3) is 0 Å². The molecule has 12 heavy (non-hydrogen) atoms. The second kappa shape index (κ2) is 8.42. The first-order valence-corrected chi connectivity index (χ1v) is 4.61. The molecule has 3 heteroatoms. The summed E-state index contributed by atoms with van der Waals surface area (Å²) in [7, 11) is 0. The third-order valence-electron chi connectivity index (χ3n) is 1.06. The maximum Gasteiger partial charge on any atom is 0.303 e. The van der Waals surface area contributed by atoms with E-state index in [1.54, 1.807) is 0 Å². The molecule has 1 N–H and O–H groups in total. The molecule has 0 aliphatic rings. The van der Waals surface area contributed by atoms with Crippen LogP contribution in [-0.2, 0) is 4.79 Å². The molecule has 0 aromatic carbocycles. The van der Waals surface area contributed by atoms with Gasteiger partial charge < -0.3 is 5.11 Å². The van der Waals surface area contributed by atoms with Crippen molar-refractivity contribution < 1.29 is 9.90 Å². The van der Waals surface area contributed by atoms with Gasteiger partial charge in [0.15, 0.2) is 0 Å². The van der Waals surface area contributed by atoms with Gasteiger partial charge in [-0.25, -0.2) is 0 Å². The lowest BCUT2D eigenvalue weighted by atomic mass is 10.2. The van der Waals surface area contributed by atoms with Crippen molar-refractivity contribution in [2.75, 3.05) is 0 Å². The number of aliphatic carboxylic acids is 1. The van der Waals surface area contributed by atoms with Gasteiger partial charge in [-0.2, -0.15) is 0 Å². The van der Waals surface area contributed by atoms with E-state index in [9.17, 15) is 4.79 Å². The van der Waals surface area contributed by atoms with Crippen LogP contribution in [0.25, 0.3) is 0 Å². The van der Waals surface area contributed by atoms with Gasteiger partial charge >= 0.3 is 5.97 Å². The predicted molar refractivity (Wildman–Crippen MR) is 55.7 cm³/mol. The highest BCUT2D eigenvalue weighted by Gasteiger charge is 1.92. The smallest absolute Gasteiger partial charge is 0.303 e. The van der Waals surface area contributed by atoms with Crippen molar-refractivity contribution in [3.8, 4) is 21.7 Å². The van der Waals surface area contributed by atoms with E-state index in [1.165, 1.54) is 0 Å². The minimum Gasteiger partial charge on any atom is -0.481 e. The Kier molecular flexibility index (Phi) is 7.94. The van der Waals surface area contributed by atoms with Gasteiger partial charge in [0.1, 0.15) is 0 Å². The molecule has 0 bridgehead atoms. The zero-order chi connectivity index (χ0) is 9.23. The number of hydrogen-bond donors (Lipinski definition) is 1. The van der Waals surface area contributed by atoms with Crippen LogP contribution in [0, 0.1) is 21.7 Å². The molecule has 0 saturated carbocycles. The number of hydrogen-bond acceptors (Lipinski definition) is 1. The Balaban J connectivity index is 3.31. The van der Waals surface area contributed by atoms with Crippen LogP contribution in [0.4, 0.5) is 0 Å². The topological polar surface area (TPSA) is 37.3 Å². The zero-order valence-electron chi connectivity index (χ0n) is 6.56. The lowest BCUT2D eigenvalue weighted by Crippen LogP contribution is -1.92. The van der Waals surface area contributed by atoms with Gasteiger partial charge in [0, 0.05) is 35.4 Å². The SMILES string of the molecule is O=C(O)CCCC#CCC#CI. The Hall–Kier alpha value is -0.680. The van der Waals surface area contributed by atoms with Crippen molar-refractivity contribution in [1.82, 2.24) is 0 Å². The number of carbonyl (C=O) groups is 1. The average molecular weight is 276 g/mol. The first-order valence-electron chi connectivity index (χ1n) is 3.53. The molecule has 0 aliphatic carbocycles. The Bertz CT molecular complexity index is 249. The van der Waals surface area contributed by atoms with Crippen LogP contribution in [-0.4, -0.2) is 11.1 Å². The van der Waals surface area contributed by atoms with Crippen LogP contribution in [0.2, 0.25) is 0 Å². The molecule has 0 atom stereocenters. The molecule has 0 aromatic heterocycles. The van der Waals surface area contributed by atoms with Crippen LogP contribution < -0.4 is 0 Å². The normalized spacial score (nSPS) is 7.42. The molecular weight excluding hydrogens is 267 g/mol. The highest BCUT2D eigenvalue weighted by molar-refractivity contribution is 14.1. The van der Waals surface area contributed by atoms with Crippen molar-refractivity contribution in [3.05, 3.63) is 0 Å². The molecule has 0 radical (unpaired) electrons. The fourth-order valence-electron chi connectivity index (χ4n) is 0.556. The van der Waals surface area contributed by atoms with E-state index >= 15 is 0 Å². The molecule has 0 heterocycles. The molecule has 0 rings (SSSR count). The minimum atomic E-state index is -0.760. The lowest BCUT2D eigenvalue weighted by molar-refractivity contribution is -0.137. The maximum absolute atomic E-state index is 10.1. The zero-order valence-corrected chi connectivity index (χ0v) is 8.72. The van der Waals surface area contributed by atoms with Crippen LogP contribution in [0.15, 0.2) is 0 Å². The van der Waals surface area contributed by atoms with Crippen molar-refractivity contribution >= 4 is 28.6 Å². The van der Waals surface area contributed by atoms with E-state index < -0.39 is 5.97 Å². The van der Waals surface area contributed by atoms with Crippen molar-refractivity contribution in [3.63, 3.8) is 0 Å². The van der Waals surface area contributed by atoms with Crippen LogP contribution in [0.3, 0.4) is 0 Å². The summed E-state index contributed by atoms with van der Waals surface area (Å²) in [6.45, 7) is 0. The third kappa shape index (κ3) is 9.32. The Labute approximate surface area is 85.9 Å². The third-order valence-corrected chi connectivity index (χ3v) is 1.44. The summed E-state index contributed by atoms with van der Waals surface area (Å²) in [5.74, 6) is 7.73. The van der Waals surface area contributed by atoms with Crippen molar-refractivity contribution in [1.29, 1.82) is 0 Å². The summed E-state index contributed by atoms with van der Waals surface area (Å²) in [4.78, 5) is 10.1. The Morgan fingerprint density at radius 3 is 2.67 bits per heavy atom. The molecule has 0 fully saturated rings. The quantitative estimate of drug-likeness (QED) is 0.486. The summed E-state index contributed by atoms with van der Waals surface area (Å²) >= 11 is 1.96. The molecule has 0 saturated heterocycles. The average Bonchev–Trinajstić information content (AvgIpc) is 2.02. The van der Waals surface area contributed by atoms with E-state index in [0.29, 0.717) is 19.3 Å². The van der Waals surface area contributed by atoms with Gasteiger partial charge in [-0.05, 0) is 10.3 Å². The first kappa shape index (κ1) is 11.3. The number of unbranched alkanes of at least 4 members (excludes halogenated alkanes) is 1. The second-order valence-electron chi connectivity index (χ2n) is 2.05. The summed E-state index contributed by atoms with van der Waals surface area (Å²) in [5.41, 5.74) is 0. The Morgan fingerprint density at radius 1 is 1.33 bits per heavy atom. The summed E-state index contributed by atoms with van der Waals surface area (Å²) in [5, 5.41) is 8.28. The largest absolute Gasteiger partial charge is 0.481 e. The lowest BCUT2D eigenvalue weighted by Gasteiger charge is -1.86. The predicted octanol–water partition coefficient (Wildman–Crippen LogP) is 2.03. The van der Waals surface area contributed by atoms with Crippen LogP contribution in [0.5, 0.6) is 0 Å². The fraction of sp³-hybridized carbons (Fsp3) is 0.444. The molecule has 64 valence electrons. The highest BCUT2D eigenvalue weighted by atomic mass is 127. The van der Waals surface area contributed by atoms with Crippen molar-refractivity contribution in [2.45, 2.75) is 25.7 Å². The number of carboxylic acids is 1. The number of rotatable bonds is 3. The van der Waals surface area contributed by atoms with Gasteiger partial charge in [0.05, 0.1) is 6.42 Å². The van der Waals surface area contributed by atoms with Gasteiger partial charge in [-0.3, -0.25) is 4.79 Å². The van der Waals surface area contributed by atoms with E-state index in [0.717, 1.165) is 0 Å². The van der Waals surface area contributed by atoms with E-state index in [4.69, 9.17) is 5.11 Å². The fourth-order valence-corrected chi connectivity index (χ4v) is 0.747. The number of halogens is 1. The van der Waals surface area contributed by atoms with Crippen molar-refractivity contribution in [2.24, 2.45) is 0 Å². The standard InChI is InChI=1S/C9H9IO2/c10-8-6-4-2-1-3-5-7-9(11)12/h3-5,7H2,(H,11,12). The molecule has 0 amide bonds. The molecule has 2 nitrogen and oxygen atoms in total. The molecule has 0 spiro atoms. The highest BCUT2D eigenvalue weighted by Crippen LogP contribution is 1.92. The molecular formula is C9H9IO2. The second-order valence-corrected chi connectivity index (χ2v) is 2.59. The Morgan fingerprint density at radius 2 is 2.08 bits per heavy atom. The van der Waals surface area contributed by atoms with Gasteiger partial charge in [-0.15, -0.1) is 5.92 Å². The van der Waals surface area contributed by atoms with E-state index in [1.807, 2.05) is 22.6 Å². The summed E-state index contributed by atoms with van der Waals surface area (Å²) in [6, 6.07) is 0.